The van der Waals surface area contributed by atoms with E-state index in [4.69, 9.17) is 20.2 Å². The van der Waals surface area contributed by atoms with Crippen LogP contribution >= 0.6 is 0 Å². The van der Waals surface area contributed by atoms with Crippen LogP contribution in [-0.4, -0.2) is 26.2 Å². The van der Waals surface area contributed by atoms with Crippen LogP contribution < -0.4 is 0 Å². The van der Waals surface area contributed by atoms with Gasteiger partial charge in [-0.25, -0.2) is 0 Å². The Labute approximate surface area is 57.5 Å². The molecular formula is BiN2O4-2. The van der Waals surface area contributed by atoms with E-state index >= 15 is 0 Å². The molecule has 41 valence electrons. The van der Waals surface area contributed by atoms with Crippen molar-refractivity contribution in [3.8, 4) is 0 Å². The smallest absolute Gasteiger partial charge is 0 e. The second kappa shape index (κ2) is 44.0. The molecular weight excluding hydrogens is 301 g/mol. The molecule has 0 saturated carbocycles. The summed E-state index contributed by atoms with van der Waals surface area (Å²) < 4.78 is 0. The molecule has 0 unspecified atom stereocenters. The molecule has 6 nitrogen and oxygen atoms in total. The molecule has 0 aliphatic heterocycles. The van der Waals surface area contributed by atoms with Crippen molar-refractivity contribution in [2.45, 2.75) is 0 Å². The SMILES string of the molecule is O=N[O-].O=N[O-].[Bi]. The first-order chi connectivity index (χ1) is 2.83. The molecule has 0 aromatic carbocycles. The molecule has 0 fully saturated rings. The van der Waals surface area contributed by atoms with E-state index < -0.39 is 0 Å². The van der Waals surface area contributed by atoms with Gasteiger partial charge < -0.3 is 20.2 Å². The molecule has 0 saturated heterocycles. The van der Waals surface area contributed by atoms with Gasteiger partial charge in [0.2, 0.25) is 0 Å². The maximum Gasteiger partial charge on any atom is 0 e. The van der Waals surface area contributed by atoms with E-state index in [0.29, 0.717) is 0 Å². The molecule has 0 aromatic rings. The first kappa shape index (κ1) is 15.9. The van der Waals surface area contributed by atoms with Crippen LogP contribution in [0.15, 0.2) is 10.7 Å². The van der Waals surface area contributed by atoms with Crippen LogP contribution in [-0.2, 0) is 0 Å². The molecule has 0 aliphatic rings. The number of nitrogens with zero attached hydrogens (tertiary/aromatic N) is 2. The molecule has 0 N–H and O–H groups in total. The number of rotatable bonds is 0. The summed E-state index contributed by atoms with van der Waals surface area (Å²) in [4.78, 5) is 16.0. The summed E-state index contributed by atoms with van der Waals surface area (Å²) in [5.74, 6) is 0. The second-order valence-corrected chi connectivity index (χ2v) is 0.149. The van der Waals surface area contributed by atoms with Crippen LogP contribution in [0, 0.1) is 20.2 Å². The molecule has 0 atom stereocenters. The Kier molecular flexibility index (Phi) is 100. The molecule has 7 heteroatoms. The third-order valence-corrected chi connectivity index (χ3v) is 0. The Hall–Kier alpha value is -0.317. The number of hydrogen-bond acceptors (Lipinski definition) is 6. The molecule has 0 spiro atoms. The minimum absolute atomic E-state index is 0. The molecule has 3 radical (unpaired) electrons. The second-order valence-electron chi connectivity index (χ2n) is 0.149. The predicted octanol–water partition coefficient (Wildman–Crippen LogP) is 0.120. The Morgan fingerprint density at radius 2 is 1.00 bits per heavy atom. The van der Waals surface area contributed by atoms with Crippen LogP contribution in [0.3, 0.4) is 0 Å². The summed E-state index contributed by atoms with van der Waals surface area (Å²) in [7, 11) is 0. The molecule has 0 amide bonds. The van der Waals surface area contributed by atoms with Crippen molar-refractivity contribution in [3.63, 3.8) is 0 Å². The minimum Gasteiger partial charge on any atom is -0.444 e. The van der Waals surface area contributed by atoms with Crippen molar-refractivity contribution in [1.82, 2.24) is 0 Å². The average molecular weight is 301 g/mol. The first-order valence-electron chi connectivity index (χ1n) is 0.730. The van der Waals surface area contributed by atoms with E-state index in [1.54, 1.807) is 0 Å². The van der Waals surface area contributed by atoms with E-state index in [-0.39, 0.29) is 26.2 Å². The molecule has 0 aromatic heterocycles. The average Bonchev–Trinajstić information content (AvgIpc) is 1.39. The van der Waals surface area contributed by atoms with Gasteiger partial charge in [-0.1, -0.05) is 0 Å². The van der Waals surface area contributed by atoms with Crippen LogP contribution in [0.4, 0.5) is 0 Å². The molecule has 0 aliphatic carbocycles. The van der Waals surface area contributed by atoms with Crippen LogP contribution in [0.2, 0.25) is 0 Å². The quantitative estimate of drug-likeness (QED) is 0.360. The van der Waals surface area contributed by atoms with Crippen molar-refractivity contribution >= 4 is 26.2 Å². The number of hydrogen-bond donors (Lipinski definition) is 0. The van der Waals surface area contributed by atoms with Gasteiger partial charge in [0.1, 0.15) is 0 Å². The van der Waals surface area contributed by atoms with Gasteiger partial charge in [-0.3, -0.25) is 0 Å². The van der Waals surface area contributed by atoms with Gasteiger partial charge in [0.05, 0.1) is 0 Å². The zero-order valence-corrected chi connectivity index (χ0v) is 6.45. The summed E-state index contributed by atoms with van der Waals surface area (Å²) in [5, 5.41) is 18.0. The zero-order chi connectivity index (χ0) is 5.41. The Morgan fingerprint density at radius 3 is 1.00 bits per heavy atom. The van der Waals surface area contributed by atoms with Crippen LogP contribution in [0.25, 0.3) is 0 Å². The summed E-state index contributed by atoms with van der Waals surface area (Å²) >= 11 is 0. The zero-order valence-electron chi connectivity index (χ0n) is 2.97. The largest absolute Gasteiger partial charge is 0.444 e. The van der Waals surface area contributed by atoms with E-state index in [1.165, 1.54) is 0 Å². The molecule has 0 heterocycles. The maximum absolute atomic E-state index is 8.00. The third kappa shape index (κ3) is 768. The molecule has 7 heavy (non-hydrogen) atoms. The van der Waals surface area contributed by atoms with Crippen molar-refractivity contribution in [2.24, 2.45) is 10.7 Å². The fraction of sp³-hybridized carbons (Fsp3) is 0. The van der Waals surface area contributed by atoms with Crippen molar-refractivity contribution in [2.75, 3.05) is 0 Å². The first-order valence-corrected chi connectivity index (χ1v) is 0.730. The van der Waals surface area contributed by atoms with Gasteiger partial charge in [0.25, 0.3) is 0 Å². The Balaban J connectivity index is -0.0000000400. The normalized spacial score (nSPS) is 3.43. The maximum atomic E-state index is 8.00. The van der Waals surface area contributed by atoms with Gasteiger partial charge in [-0.2, -0.15) is 0 Å². The van der Waals surface area contributed by atoms with Gasteiger partial charge in [-0.05, 0) is 0 Å². The van der Waals surface area contributed by atoms with Gasteiger partial charge in [0, 0.05) is 26.2 Å². The molecule has 0 bridgehead atoms. The summed E-state index contributed by atoms with van der Waals surface area (Å²) in [5.41, 5.74) is 0. The van der Waals surface area contributed by atoms with E-state index in [9.17, 15) is 0 Å². The topological polar surface area (TPSA) is 105 Å². The van der Waals surface area contributed by atoms with E-state index in [1.807, 2.05) is 0 Å². The standard InChI is InChI=1S/Bi.2HNO2/c;2*2-1-3/h;2*(H,2,3)/p-2. The fourth-order valence-corrected chi connectivity index (χ4v) is 0. The van der Waals surface area contributed by atoms with Gasteiger partial charge in [0.15, 0.2) is 0 Å². The monoisotopic (exact) mass is 301 g/mol. The predicted molar refractivity (Wildman–Crippen MR) is 24.1 cm³/mol. The Bertz CT molecular complexity index is 30.7. The third-order valence-electron chi connectivity index (χ3n) is 0. The Morgan fingerprint density at radius 1 is 1.00 bits per heavy atom. The summed E-state index contributed by atoms with van der Waals surface area (Å²) in [6, 6.07) is 0. The van der Waals surface area contributed by atoms with E-state index in [2.05, 4.69) is 0 Å². The minimum atomic E-state index is 0. The fourth-order valence-electron chi connectivity index (χ4n) is 0. The van der Waals surface area contributed by atoms with Crippen LogP contribution in [0.1, 0.15) is 0 Å². The molecule has 0 rings (SSSR count). The van der Waals surface area contributed by atoms with Gasteiger partial charge in [-0.15, -0.1) is 10.7 Å². The van der Waals surface area contributed by atoms with E-state index in [0.717, 1.165) is 10.7 Å². The van der Waals surface area contributed by atoms with Crippen molar-refractivity contribution < 1.29 is 0 Å². The van der Waals surface area contributed by atoms with Crippen molar-refractivity contribution in [1.29, 1.82) is 0 Å². The van der Waals surface area contributed by atoms with Gasteiger partial charge >= 0.3 is 0 Å². The summed E-state index contributed by atoms with van der Waals surface area (Å²) in [6.45, 7) is 0. The summed E-state index contributed by atoms with van der Waals surface area (Å²) in [6.07, 6.45) is 0. The van der Waals surface area contributed by atoms with Crippen molar-refractivity contribution in [3.05, 3.63) is 20.2 Å². The van der Waals surface area contributed by atoms with Crippen LogP contribution in [0.5, 0.6) is 0 Å².